The van der Waals surface area contributed by atoms with Crippen molar-refractivity contribution in [2.45, 2.75) is 18.9 Å². The first-order valence-electron chi connectivity index (χ1n) is 10.3. The van der Waals surface area contributed by atoms with Crippen LogP contribution in [-0.4, -0.2) is 44.1 Å². The van der Waals surface area contributed by atoms with Gasteiger partial charge in [0.15, 0.2) is 0 Å². The molecule has 0 radical (unpaired) electrons. The molecule has 0 unspecified atom stereocenters. The Morgan fingerprint density at radius 3 is 2.52 bits per heavy atom. The van der Waals surface area contributed by atoms with Gasteiger partial charge in [-0.15, -0.1) is 5.10 Å². The van der Waals surface area contributed by atoms with Crippen molar-refractivity contribution in [2.24, 2.45) is 12.8 Å². The SMILES string of the molecule is Cn1nnc2cc(-c3ncc(N4CCC(N)CC4)nc3-c3ccc(C#N)cc3)ccc21. The van der Waals surface area contributed by atoms with Crippen molar-refractivity contribution in [3.63, 3.8) is 0 Å². The lowest BCUT2D eigenvalue weighted by Crippen LogP contribution is -2.40. The Balaban J connectivity index is 1.62. The molecule has 0 aliphatic carbocycles. The number of benzene rings is 2. The maximum atomic E-state index is 9.16. The number of piperidine rings is 1. The van der Waals surface area contributed by atoms with Crippen LogP contribution < -0.4 is 10.6 Å². The highest BCUT2D eigenvalue weighted by Gasteiger charge is 2.20. The topological polar surface area (TPSA) is 110 Å². The summed E-state index contributed by atoms with van der Waals surface area (Å²) in [5.74, 6) is 0.843. The predicted molar refractivity (Wildman–Crippen MR) is 119 cm³/mol. The van der Waals surface area contributed by atoms with Crippen LogP contribution in [-0.2, 0) is 7.05 Å². The first-order chi connectivity index (χ1) is 15.1. The van der Waals surface area contributed by atoms with E-state index in [1.54, 1.807) is 16.8 Å². The van der Waals surface area contributed by atoms with Gasteiger partial charge in [0.05, 0.1) is 34.7 Å². The third kappa shape index (κ3) is 3.60. The van der Waals surface area contributed by atoms with E-state index in [0.29, 0.717) is 5.56 Å². The molecule has 1 saturated heterocycles. The van der Waals surface area contributed by atoms with Gasteiger partial charge in [-0.25, -0.2) is 9.67 Å². The molecule has 5 rings (SSSR count). The number of rotatable bonds is 3. The van der Waals surface area contributed by atoms with Crippen molar-refractivity contribution in [1.29, 1.82) is 5.26 Å². The molecular weight excluding hydrogens is 388 g/mol. The Labute approximate surface area is 180 Å². The van der Waals surface area contributed by atoms with Crippen LogP contribution in [0.4, 0.5) is 5.82 Å². The number of nitrogens with zero attached hydrogens (tertiary/aromatic N) is 7. The van der Waals surface area contributed by atoms with Crippen molar-refractivity contribution >= 4 is 16.9 Å². The van der Waals surface area contributed by atoms with Crippen molar-refractivity contribution in [3.8, 4) is 28.6 Å². The Morgan fingerprint density at radius 2 is 1.77 bits per heavy atom. The van der Waals surface area contributed by atoms with Crippen molar-refractivity contribution < 1.29 is 0 Å². The minimum Gasteiger partial charge on any atom is -0.355 e. The monoisotopic (exact) mass is 410 g/mol. The molecule has 0 bridgehead atoms. The molecule has 8 heteroatoms. The quantitative estimate of drug-likeness (QED) is 0.553. The van der Waals surface area contributed by atoms with Gasteiger partial charge in [-0.05, 0) is 37.1 Å². The molecular formula is C23H22N8. The zero-order valence-corrected chi connectivity index (χ0v) is 17.2. The number of nitriles is 1. The Morgan fingerprint density at radius 1 is 1.03 bits per heavy atom. The fraction of sp³-hybridized carbons (Fsp3) is 0.261. The maximum Gasteiger partial charge on any atom is 0.147 e. The number of fused-ring (bicyclic) bond motifs is 1. The third-order valence-corrected chi connectivity index (χ3v) is 5.79. The van der Waals surface area contributed by atoms with E-state index in [1.165, 1.54) is 0 Å². The minimum atomic E-state index is 0.250. The summed E-state index contributed by atoms with van der Waals surface area (Å²) in [6, 6.07) is 15.9. The van der Waals surface area contributed by atoms with E-state index in [-0.39, 0.29) is 6.04 Å². The second-order valence-corrected chi connectivity index (χ2v) is 7.86. The molecule has 31 heavy (non-hydrogen) atoms. The summed E-state index contributed by atoms with van der Waals surface area (Å²) in [5, 5.41) is 17.5. The van der Waals surface area contributed by atoms with E-state index in [2.05, 4.69) is 21.3 Å². The number of hydrogen-bond acceptors (Lipinski definition) is 7. The van der Waals surface area contributed by atoms with Crippen LogP contribution in [0.2, 0.25) is 0 Å². The lowest BCUT2D eigenvalue weighted by molar-refractivity contribution is 0.498. The summed E-state index contributed by atoms with van der Waals surface area (Å²) in [4.78, 5) is 12.1. The molecule has 2 N–H and O–H groups in total. The Kier molecular flexibility index (Phi) is 4.81. The highest BCUT2D eigenvalue weighted by Crippen LogP contribution is 2.32. The molecule has 2 aromatic heterocycles. The smallest absolute Gasteiger partial charge is 0.147 e. The second-order valence-electron chi connectivity index (χ2n) is 7.86. The van der Waals surface area contributed by atoms with Gasteiger partial charge in [0.1, 0.15) is 11.3 Å². The lowest BCUT2D eigenvalue weighted by atomic mass is 10.0. The van der Waals surface area contributed by atoms with Gasteiger partial charge in [-0.1, -0.05) is 23.4 Å². The molecule has 0 atom stereocenters. The summed E-state index contributed by atoms with van der Waals surface area (Å²) in [6.07, 6.45) is 3.72. The molecule has 1 aliphatic heterocycles. The number of aryl methyl sites for hydroxylation is 1. The summed E-state index contributed by atoms with van der Waals surface area (Å²) in [5.41, 5.74) is 11.8. The van der Waals surface area contributed by atoms with Crippen LogP contribution in [0.3, 0.4) is 0 Å². The van der Waals surface area contributed by atoms with Crippen molar-refractivity contribution in [3.05, 3.63) is 54.2 Å². The third-order valence-electron chi connectivity index (χ3n) is 5.79. The Bertz CT molecular complexity index is 1280. The summed E-state index contributed by atoms with van der Waals surface area (Å²) >= 11 is 0. The van der Waals surface area contributed by atoms with Crippen LogP contribution >= 0.6 is 0 Å². The van der Waals surface area contributed by atoms with Crippen LogP contribution in [0.1, 0.15) is 18.4 Å². The molecule has 0 amide bonds. The molecule has 3 heterocycles. The largest absolute Gasteiger partial charge is 0.355 e. The molecule has 1 aliphatic rings. The second kappa shape index (κ2) is 7.78. The number of nitrogens with two attached hydrogens (primary N) is 1. The van der Waals surface area contributed by atoms with Gasteiger partial charge in [0.2, 0.25) is 0 Å². The van der Waals surface area contributed by atoms with Crippen molar-refractivity contribution in [1.82, 2.24) is 25.0 Å². The fourth-order valence-corrected chi connectivity index (χ4v) is 3.96. The van der Waals surface area contributed by atoms with E-state index in [0.717, 1.165) is 65.3 Å². The molecule has 154 valence electrons. The lowest BCUT2D eigenvalue weighted by Gasteiger charge is -2.31. The highest BCUT2D eigenvalue weighted by molar-refractivity contribution is 5.85. The van der Waals surface area contributed by atoms with E-state index in [9.17, 15) is 0 Å². The molecule has 0 saturated carbocycles. The van der Waals surface area contributed by atoms with E-state index >= 15 is 0 Å². The summed E-state index contributed by atoms with van der Waals surface area (Å²) in [7, 11) is 1.87. The highest BCUT2D eigenvalue weighted by atomic mass is 15.4. The van der Waals surface area contributed by atoms with Gasteiger partial charge in [-0.3, -0.25) is 4.98 Å². The number of anilines is 1. The average molecular weight is 410 g/mol. The first-order valence-corrected chi connectivity index (χ1v) is 10.3. The van der Waals surface area contributed by atoms with Gasteiger partial charge in [-0.2, -0.15) is 5.26 Å². The number of hydrogen-bond donors (Lipinski definition) is 1. The standard InChI is InChI=1S/C23H22N8/c1-30-20-7-6-17(12-19(20)28-29-30)22-23(16-4-2-15(13-24)3-5-16)27-21(14-26-22)31-10-8-18(25)9-11-31/h2-7,12,14,18H,8-11,25H2,1H3. The summed E-state index contributed by atoms with van der Waals surface area (Å²) in [6.45, 7) is 1.74. The molecule has 2 aromatic carbocycles. The van der Waals surface area contributed by atoms with Gasteiger partial charge < -0.3 is 10.6 Å². The fourth-order valence-electron chi connectivity index (χ4n) is 3.96. The van der Waals surface area contributed by atoms with E-state index in [1.807, 2.05) is 43.6 Å². The molecule has 8 nitrogen and oxygen atoms in total. The summed E-state index contributed by atoms with van der Waals surface area (Å²) < 4.78 is 1.75. The van der Waals surface area contributed by atoms with Crippen molar-refractivity contribution in [2.75, 3.05) is 18.0 Å². The molecule has 0 spiro atoms. The number of aromatic nitrogens is 5. The zero-order valence-electron chi connectivity index (χ0n) is 17.2. The molecule has 4 aromatic rings. The van der Waals surface area contributed by atoms with Crippen LogP contribution in [0, 0.1) is 11.3 Å². The predicted octanol–water partition coefficient (Wildman–Crippen LogP) is 2.89. The average Bonchev–Trinajstić information content (AvgIpc) is 3.19. The van der Waals surface area contributed by atoms with Crippen LogP contribution in [0.25, 0.3) is 33.5 Å². The van der Waals surface area contributed by atoms with Gasteiger partial charge >= 0.3 is 0 Å². The molecule has 1 fully saturated rings. The van der Waals surface area contributed by atoms with E-state index < -0.39 is 0 Å². The maximum absolute atomic E-state index is 9.16. The normalized spacial score (nSPS) is 14.7. The van der Waals surface area contributed by atoms with Gasteiger partial charge in [0.25, 0.3) is 0 Å². The first kappa shape index (κ1) is 19.2. The van der Waals surface area contributed by atoms with Crippen LogP contribution in [0.15, 0.2) is 48.7 Å². The van der Waals surface area contributed by atoms with Gasteiger partial charge in [0, 0.05) is 37.3 Å². The van der Waals surface area contributed by atoms with Crippen LogP contribution in [0.5, 0.6) is 0 Å². The van der Waals surface area contributed by atoms with E-state index in [4.69, 9.17) is 21.0 Å². The minimum absolute atomic E-state index is 0.250. The Hall–Kier alpha value is -3.83. The zero-order chi connectivity index (χ0) is 21.4.